The summed E-state index contributed by atoms with van der Waals surface area (Å²) in [5.41, 5.74) is 5.23. The standard InChI is InChI=1S/C26H23Cl2N3O3S2/c1-13-10-15(11-21-23(32)30-26(36-21)29-16-8-9-18(27)19(28)12-16)14(2)31(13)24-22(25(33)34-3)17-6-4-5-7-20(17)35-24/h8-12H,4-7H2,1-3H3,(H,29,30,32)/b21-11-. The molecule has 1 aliphatic carbocycles. The van der Waals surface area contributed by atoms with E-state index in [1.54, 1.807) is 29.5 Å². The van der Waals surface area contributed by atoms with Crippen LogP contribution in [0.15, 0.2) is 34.2 Å². The quantitative estimate of drug-likeness (QED) is 0.275. The summed E-state index contributed by atoms with van der Waals surface area (Å²) in [7, 11) is 1.43. The van der Waals surface area contributed by atoms with Crippen LogP contribution in [0.25, 0.3) is 11.1 Å². The molecule has 10 heteroatoms. The monoisotopic (exact) mass is 559 g/mol. The van der Waals surface area contributed by atoms with Gasteiger partial charge in [0.05, 0.1) is 33.3 Å². The van der Waals surface area contributed by atoms with Crippen LogP contribution in [0.2, 0.25) is 10.0 Å². The third kappa shape index (κ3) is 4.63. The maximum atomic E-state index is 12.8. The number of fused-ring (bicyclic) bond motifs is 1. The number of amidine groups is 1. The number of nitrogens with zero attached hydrogens (tertiary/aromatic N) is 2. The molecule has 1 fully saturated rings. The number of thiophene rings is 1. The van der Waals surface area contributed by atoms with Crippen molar-refractivity contribution in [2.75, 3.05) is 7.11 Å². The summed E-state index contributed by atoms with van der Waals surface area (Å²) < 4.78 is 7.26. The summed E-state index contributed by atoms with van der Waals surface area (Å²) in [5, 5.41) is 5.01. The number of methoxy groups -OCH3 is 1. The SMILES string of the molecule is COC(=O)c1c(-n2c(C)cc(/C=C3\SC(=Nc4ccc(Cl)c(Cl)c4)NC3=O)c2C)sc2c1CCCC2. The molecule has 0 bridgehead atoms. The molecule has 3 aromatic rings. The molecule has 1 aromatic carbocycles. The fourth-order valence-electron chi connectivity index (χ4n) is 4.56. The van der Waals surface area contributed by atoms with E-state index in [-0.39, 0.29) is 11.9 Å². The number of aromatic nitrogens is 1. The molecule has 3 heterocycles. The predicted molar refractivity (Wildman–Crippen MR) is 148 cm³/mol. The van der Waals surface area contributed by atoms with E-state index in [4.69, 9.17) is 27.9 Å². The van der Waals surface area contributed by atoms with E-state index < -0.39 is 0 Å². The van der Waals surface area contributed by atoms with Crippen LogP contribution in [0.4, 0.5) is 5.69 Å². The average Bonchev–Trinajstić information content (AvgIpc) is 3.48. The number of rotatable bonds is 4. The Labute approximate surface area is 227 Å². The fraction of sp³-hybridized carbons (Fsp3) is 0.269. The van der Waals surface area contributed by atoms with Gasteiger partial charge >= 0.3 is 5.97 Å². The lowest BCUT2D eigenvalue weighted by atomic mass is 9.95. The number of aliphatic imine (C=N–C) groups is 1. The molecular formula is C26H23Cl2N3O3S2. The van der Waals surface area contributed by atoms with Crippen LogP contribution >= 0.6 is 46.3 Å². The predicted octanol–water partition coefficient (Wildman–Crippen LogP) is 7.02. The topological polar surface area (TPSA) is 72.7 Å². The van der Waals surface area contributed by atoms with Crippen molar-refractivity contribution >= 4 is 75.1 Å². The number of thioether (sulfide) groups is 1. The van der Waals surface area contributed by atoms with Crippen molar-refractivity contribution in [1.82, 2.24) is 9.88 Å². The molecule has 6 nitrogen and oxygen atoms in total. The van der Waals surface area contributed by atoms with Crippen molar-refractivity contribution in [3.63, 3.8) is 0 Å². The summed E-state index contributed by atoms with van der Waals surface area (Å²) in [5.74, 6) is -0.517. The number of carbonyl (C=O) groups excluding carboxylic acids is 2. The lowest BCUT2D eigenvalue weighted by Gasteiger charge is -2.12. The first-order valence-electron chi connectivity index (χ1n) is 11.4. The number of hydrogen-bond acceptors (Lipinski definition) is 6. The molecule has 1 aliphatic heterocycles. The number of ether oxygens (including phenoxy) is 1. The molecule has 2 aliphatic rings. The number of nitrogens with one attached hydrogen (secondary N) is 1. The number of carbonyl (C=O) groups is 2. The van der Waals surface area contributed by atoms with E-state index >= 15 is 0 Å². The Morgan fingerprint density at radius 1 is 1.17 bits per heavy atom. The summed E-state index contributed by atoms with van der Waals surface area (Å²) in [4.78, 5) is 31.8. The molecule has 1 N–H and O–H groups in total. The van der Waals surface area contributed by atoms with Crippen LogP contribution in [0.3, 0.4) is 0 Å². The highest BCUT2D eigenvalue weighted by molar-refractivity contribution is 8.18. The number of benzene rings is 1. The van der Waals surface area contributed by atoms with Gasteiger partial charge in [0.25, 0.3) is 5.91 Å². The zero-order valence-electron chi connectivity index (χ0n) is 19.9. The van der Waals surface area contributed by atoms with E-state index in [1.165, 1.54) is 23.7 Å². The third-order valence-electron chi connectivity index (χ3n) is 6.29. The van der Waals surface area contributed by atoms with Crippen LogP contribution in [0.1, 0.15) is 50.6 Å². The first-order valence-corrected chi connectivity index (χ1v) is 13.8. The zero-order chi connectivity index (χ0) is 25.6. The van der Waals surface area contributed by atoms with Gasteiger partial charge in [-0.2, -0.15) is 0 Å². The zero-order valence-corrected chi connectivity index (χ0v) is 23.1. The minimum atomic E-state index is -0.300. The molecule has 0 saturated carbocycles. The second-order valence-corrected chi connectivity index (χ2v) is 11.6. The highest BCUT2D eigenvalue weighted by atomic mass is 35.5. The van der Waals surface area contributed by atoms with Crippen LogP contribution in [-0.4, -0.2) is 28.7 Å². The van der Waals surface area contributed by atoms with Crippen molar-refractivity contribution in [2.45, 2.75) is 39.5 Å². The lowest BCUT2D eigenvalue weighted by Crippen LogP contribution is -2.19. The summed E-state index contributed by atoms with van der Waals surface area (Å²) in [6, 6.07) is 7.09. The second-order valence-electron chi connectivity index (χ2n) is 8.62. The van der Waals surface area contributed by atoms with Gasteiger partial charge in [0.1, 0.15) is 5.00 Å². The number of halogens is 2. The second kappa shape index (κ2) is 10.1. The van der Waals surface area contributed by atoms with E-state index in [0.717, 1.165) is 53.2 Å². The first kappa shape index (κ1) is 25.1. The molecule has 0 unspecified atom stereocenters. The number of aryl methyl sites for hydroxylation is 2. The maximum absolute atomic E-state index is 12.8. The van der Waals surface area contributed by atoms with Crippen molar-refractivity contribution in [2.24, 2.45) is 4.99 Å². The van der Waals surface area contributed by atoms with E-state index in [9.17, 15) is 9.59 Å². The minimum absolute atomic E-state index is 0.217. The molecule has 186 valence electrons. The van der Waals surface area contributed by atoms with Gasteiger partial charge in [0.15, 0.2) is 5.17 Å². The first-order chi connectivity index (χ1) is 17.3. The van der Waals surface area contributed by atoms with Gasteiger partial charge in [0, 0.05) is 16.3 Å². The molecule has 0 radical (unpaired) electrons. The largest absolute Gasteiger partial charge is 0.465 e. The number of hydrogen-bond donors (Lipinski definition) is 1. The van der Waals surface area contributed by atoms with Crippen molar-refractivity contribution in [3.05, 3.63) is 72.2 Å². The van der Waals surface area contributed by atoms with Crippen molar-refractivity contribution in [1.29, 1.82) is 0 Å². The Hall–Kier alpha value is -2.52. The molecule has 1 amide bonds. The number of amides is 1. The molecule has 2 aromatic heterocycles. The molecular weight excluding hydrogens is 537 g/mol. The Bertz CT molecular complexity index is 1470. The molecule has 36 heavy (non-hydrogen) atoms. The maximum Gasteiger partial charge on any atom is 0.341 e. The number of esters is 1. The smallest absolute Gasteiger partial charge is 0.341 e. The normalized spacial score (nSPS) is 17.5. The molecule has 0 atom stereocenters. The van der Waals surface area contributed by atoms with Gasteiger partial charge in [-0.25, -0.2) is 9.79 Å². The molecule has 0 spiro atoms. The van der Waals surface area contributed by atoms with Crippen molar-refractivity contribution < 1.29 is 14.3 Å². The van der Waals surface area contributed by atoms with Gasteiger partial charge in [-0.15, -0.1) is 11.3 Å². The summed E-state index contributed by atoms with van der Waals surface area (Å²) >= 11 is 15.0. The summed E-state index contributed by atoms with van der Waals surface area (Å²) in [6.07, 6.45) is 5.95. The Morgan fingerprint density at radius 2 is 1.94 bits per heavy atom. The molecule has 1 saturated heterocycles. The molecule has 5 rings (SSSR count). The van der Waals surface area contributed by atoms with Crippen LogP contribution in [0.5, 0.6) is 0 Å². The van der Waals surface area contributed by atoms with Gasteiger partial charge in [0.2, 0.25) is 0 Å². The van der Waals surface area contributed by atoms with Crippen LogP contribution < -0.4 is 5.32 Å². The van der Waals surface area contributed by atoms with E-state index in [1.807, 2.05) is 26.0 Å². The van der Waals surface area contributed by atoms with E-state index in [0.29, 0.717) is 31.4 Å². The Morgan fingerprint density at radius 3 is 2.69 bits per heavy atom. The van der Waals surface area contributed by atoms with E-state index in [2.05, 4.69) is 14.9 Å². The average molecular weight is 561 g/mol. The van der Waals surface area contributed by atoms with Gasteiger partial charge in [-0.3, -0.25) is 4.79 Å². The highest BCUT2D eigenvalue weighted by Crippen LogP contribution is 2.40. The Balaban J connectivity index is 1.50. The lowest BCUT2D eigenvalue weighted by molar-refractivity contribution is -0.115. The minimum Gasteiger partial charge on any atom is -0.465 e. The Kier molecular flexibility index (Phi) is 7.05. The summed E-state index contributed by atoms with van der Waals surface area (Å²) in [6.45, 7) is 4.01. The van der Waals surface area contributed by atoms with Gasteiger partial charge in [-0.05, 0) is 92.8 Å². The fourth-order valence-corrected chi connectivity index (χ4v) is 7.17. The van der Waals surface area contributed by atoms with Crippen molar-refractivity contribution in [3.8, 4) is 5.00 Å². The van der Waals surface area contributed by atoms with Crippen LogP contribution in [-0.2, 0) is 22.4 Å². The van der Waals surface area contributed by atoms with Gasteiger partial charge in [-0.1, -0.05) is 23.2 Å². The van der Waals surface area contributed by atoms with Gasteiger partial charge < -0.3 is 14.6 Å². The third-order valence-corrected chi connectivity index (χ3v) is 9.21. The van der Waals surface area contributed by atoms with Crippen LogP contribution in [0, 0.1) is 13.8 Å². The highest BCUT2D eigenvalue weighted by Gasteiger charge is 2.29.